The standard InChI is InChI=1S/C19H30BrN3O/c1-3-21-18(22-13-7-4-8-14-24-2)23-15-19(11-12-19)16-9-5-6-10-17(16)20/h5-6,9-10H,3-4,7-8,11-15H2,1-2H3,(H2,21,22,23). The van der Waals surface area contributed by atoms with Gasteiger partial charge in [0.25, 0.3) is 0 Å². The molecule has 0 bridgehead atoms. The maximum atomic E-state index is 5.08. The van der Waals surface area contributed by atoms with E-state index in [1.165, 1.54) is 29.3 Å². The fourth-order valence-corrected chi connectivity index (χ4v) is 3.59. The molecule has 1 aromatic carbocycles. The molecule has 0 spiro atoms. The number of halogens is 1. The average molecular weight is 396 g/mol. The fourth-order valence-electron chi connectivity index (χ4n) is 2.88. The highest BCUT2D eigenvalue weighted by Gasteiger charge is 2.45. The predicted molar refractivity (Wildman–Crippen MR) is 105 cm³/mol. The second kappa shape index (κ2) is 10.0. The highest BCUT2D eigenvalue weighted by atomic mass is 79.9. The van der Waals surface area contributed by atoms with Crippen molar-refractivity contribution in [2.24, 2.45) is 4.99 Å². The Morgan fingerprint density at radius 1 is 1.21 bits per heavy atom. The smallest absolute Gasteiger partial charge is 0.191 e. The number of benzene rings is 1. The molecule has 134 valence electrons. The van der Waals surface area contributed by atoms with Crippen molar-refractivity contribution in [1.82, 2.24) is 10.6 Å². The molecule has 1 saturated carbocycles. The van der Waals surface area contributed by atoms with E-state index >= 15 is 0 Å². The van der Waals surface area contributed by atoms with Gasteiger partial charge in [-0.05, 0) is 50.7 Å². The maximum Gasteiger partial charge on any atom is 0.191 e. The maximum absolute atomic E-state index is 5.08. The van der Waals surface area contributed by atoms with Crippen LogP contribution in [-0.4, -0.2) is 39.3 Å². The van der Waals surface area contributed by atoms with E-state index in [1.54, 1.807) is 7.11 Å². The lowest BCUT2D eigenvalue weighted by Crippen LogP contribution is -2.38. The van der Waals surface area contributed by atoms with E-state index in [0.29, 0.717) is 0 Å². The quantitative estimate of drug-likeness (QED) is 0.359. The first-order valence-electron chi connectivity index (χ1n) is 8.98. The van der Waals surface area contributed by atoms with Crippen molar-refractivity contribution in [3.63, 3.8) is 0 Å². The number of rotatable bonds is 10. The van der Waals surface area contributed by atoms with Crippen molar-refractivity contribution in [3.8, 4) is 0 Å². The van der Waals surface area contributed by atoms with Crippen LogP contribution in [0.5, 0.6) is 0 Å². The van der Waals surface area contributed by atoms with Gasteiger partial charge in [-0.15, -0.1) is 0 Å². The molecular formula is C19H30BrN3O. The van der Waals surface area contributed by atoms with E-state index < -0.39 is 0 Å². The monoisotopic (exact) mass is 395 g/mol. The summed E-state index contributed by atoms with van der Waals surface area (Å²) in [5.41, 5.74) is 1.62. The summed E-state index contributed by atoms with van der Waals surface area (Å²) >= 11 is 3.69. The molecule has 1 aromatic rings. The minimum absolute atomic E-state index is 0.223. The van der Waals surface area contributed by atoms with Crippen LogP contribution in [0, 0.1) is 0 Å². The molecule has 0 aliphatic heterocycles. The summed E-state index contributed by atoms with van der Waals surface area (Å²) in [4.78, 5) is 4.85. The topological polar surface area (TPSA) is 45.7 Å². The largest absolute Gasteiger partial charge is 0.385 e. The third kappa shape index (κ3) is 5.78. The van der Waals surface area contributed by atoms with Gasteiger partial charge in [-0.25, -0.2) is 0 Å². The van der Waals surface area contributed by atoms with Gasteiger partial charge in [0.1, 0.15) is 0 Å². The molecule has 5 heteroatoms. The lowest BCUT2D eigenvalue weighted by atomic mass is 9.96. The summed E-state index contributed by atoms with van der Waals surface area (Å²) < 4.78 is 6.28. The van der Waals surface area contributed by atoms with E-state index in [2.05, 4.69) is 57.8 Å². The van der Waals surface area contributed by atoms with Gasteiger partial charge < -0.3 is 15.4 Å². The van der Waals surface area contributed by atoms with Gasteiger partial charge in [-0.1, -0.05) is 34.1 Å². The van der Waals surface area contributed by atoms with Crippen LogP contribution in [-0.2, 0) is 10.2 Å². The summed E-state index contributed by atoms with van der Waals surface area (Å²) in [6, 6.07) is 8.54. The summed E-state index contributed by atoms with van der Waals surface area (Å²) in [7, 11) is 1.76. The molecule has 1 fully saturated rings. The number of unbranched alkanes of at least 4 members (excludes halogenated alkanes) is 2. The van der Waals surface area contributed by atoms with Gasteiger partial charge in [0.2, 0.25) is 0 Å². The van der Waals surface area contributed by atoms with Crippen LogP contribution < -0.4 is 10.6 Å². The van der Waals surface area contributed by atoms with E-state index in [-0.39, 0.29) is 5.41 Å². The summed E-state index contributed by atoms with van der Waals surface area (Å²) in [5, 5.41) is 6.80. The molecular weight excluding hydrogens is 366 g/mol. The molecule has 0 amide bonds. The van der Waals surface area contributed by atoms with Gasteiger partial charge in [-0.2, -0.15) is 0 Å². The number of nitrogens with zero attached hydrogens (tertiary/aromatic N) is 1. The number of hydrogen-bond donors (Lipinski definition) is 2. The number of hydrogen-bond acceptors (Lipinski definition) is 2. The first kappa shape index (κ1) is 19.3. The molecule has 0 unspecified atom stereocenters. The van der Waals surface area contributed by atoms with Crippen molar-refractivity contribution in [2.45, 2.75) is 44.4 Å². The molecule has 1 aliphatic carbocycles. The van der Waals surface area contributed by atoms with Gasteiger partial charge in [-0.3, -0.25) is 4.99 Å². The highest BCUT2D eigenvalue weighted by molar-refractivity contribution is 9.10. The zero-order chi connectivity index (χ0) is 17.3. The minimum atomic E-state index is 0.223. The number of nitrogens with one attached hydrogen (secondary N) is 2. The van der Waals surface area contributed by atoms with Crippen molar-refractivity contribution in [2.75, 3.05) is 33.4 Å². The molecule has 1 aliphatic rings. The van der Waals surface area contributed by atoms with E-state index in [4.69, 9.17) is 9.73 Å². The summed E-state index contributed by atoms with van der Waals surface area (Å²) in [6.07, 6.45) is 5.88. The van der Waals surface area contributed by atoms with Crippen LogP contribution >= 0.6 is 15.9 Å². The molecule has 0 saturated heterocycles. The highest BCUT2D eigenvalue weighted by Crippen LogP contribution is 2.50. The number of ether oxygens (including phenoxy) is 1. The normalized spacial score (nSPS) is 16.0. The molecule has 0 heterocycles. The number of guanidine groups is 1. The van der Waals surface area contributed by atoms with Crippen LogP contribution in [0.2, 0.25) is 0 Å². The summed E-state index contributed by atoms with van der Waals surface area (Å²) in [6.45, 7) is 5.64. The Kier molecular flexibility index (Phi) is 8.06. The third-order valence-corrected chi connectivity index (χ3v) is 5.19. The Bertz CT molecular complexity index is 529. The zero-order valence-electron chi connectivity index (χ0n) is 14.9. The number of aliphatic imine (C=N–C) groups is 1. The van der Waals surface area contributed by atoms with Gasteiger partial charge in [0.05, 0.1) is 6.54 Å². The molecule has 0 atom stereocenters. The molecule has 0 radical (unpaired) electrons. The third-order valence-electron chi connectivity index (χ3n) is 4.50. The van der Waals surface area contributed by atoms with Crippen LogP contribution in [0.4, 0.5) is 0 Å². The molecule has 4 nitrogen and oxygen atoms in total. The molecule has 2 rings (SSSR count). The number of methoxy groups -OCH3 is 1. The van der Waals surface area contributed by atoms with Crippen LogP contribution in [0.25, 0.3) is 0 Å². The average Bonchev–Trinajstić information content (AvgIpc) is 3.37. The van der Waals surface area contributed by atoms with Crippen LogP contribution in [0.3, 0.4) is 0 Å². The van der Waals surface area contributed by atoms with Crippen molar-refractivity contribution >= 4 is 21.9 Å². The fraction of sp³-hybridized carbons (Fsp3) is 0.632. The Hall–Kier alpha value is -1.07. The Morgan fingerprint density at radius 3 is 2.67 bits per heavy atom. The Balaban J connectivity index is 1.85. The van der Waals surface area contributed by atoms with Crippen molar-refractivity contribution in [3.05, 3.63) is 34.3 Å². The minimum Gasteiger partial charge on any atom is -0.385 e. The second-order valence-electron chi connectivity index (χ2n) is 6.44. The van der Waals surface area contributed by atoms with E-state index in [1.807, 2.05) is 0 Å². The first-order chi connectivity index (χ1) is 11.7. The Labute approximate surface area is 154 Å². The van der Waals surface area contributed by atoms with Crippen LogP contribution in [0.15, 0.2) is 33.7 Å². The second-order valence-corrected chi connectivity index (χ2v) is 7.29. The van der Waals surface area contributed by atoms with E-state index in [9.17, 15) is 0 Å². The van der Waals surface area contributed by atoms with Gasteiger partial charge in [0.15, 0.2) is 5.96 Å². The summed E-state index contributed by atoms with van der Waals surface area (Å²) in [5.74, 6) is 0.933. The predicted octanol–water partition coefficient (Wildman–Crippen LogP) is 3.85. The van der Waals surface area contributed by atoms with E-state index in [0.717, 1.165) is 45.0 Å². The van der Waals surface area contributed by atoms with Gasteiger partial charge in [0, 0.05) is 36.7 Å². The SMILES string of the molecule is CCNC(=NCC1(c2ccccc2Br)CC1)NCCCCCOC. The van der Waals surface area contributed by atoms with Gasteiger partial charge >= 0.3 is 0 Å². The molecule has 2 N–H and O–H groups in total. The molecule has 0 aromatic heterocycles. The van der Waals surface area contributed by atoms with Crippen molar-refractivity contribution in [1.29, 1.82) is 0 Å². The zero-order valence-corrected chi connectivity index (χ0v) is 16.5. The first-order valence-corrected chi connectivity index (χ1v) is 9.77. The Morgan fingerprint density at radius 2 is 2.00 bits per heavy atom. The lowest BCUT2D eigenvalue weighted by Gasteiger charge is -2.17. The van der Waals surface area contributed by atoms with Crippen LogP contribution in [0.1, 0.15) is 44.6 Å². The lowest BCUT2D eigenvalue weighted by molar-refractivity contribution is 0.192. The van der Waals surface area contributed by atoms with Crippen molar-refractivity contribution < 1.29 is 4.74 Å². The molecule has 24 heavy (non-hydrogen) atoms.